The van der Waals surface area contributed by atoms with Crippen LogP contribution in [0.5, 0.6) is 5.75 Å². The monoisotopic (exact) mass is 395 g/mol. The van der Waals surface area contributed by atoms with E-state index in [0.717, 1.165) is 18.8 Å². The molecule has 8 heteroatoms. The second-order valence-electron chi connectivity index (χ2n) is 6.52. The quantitative estimate of drug-likeness (QED) is 0.711. The second kappa shape index (κ2) is 9.28. The van der Waals surface area contributed by atoms with Crippen LogP contribution in [0.3, 0.4) is 0 Å². The van der Waals surface area contributed by atoms with Gasteiger partial charge < -0.3 is 14.5 Å². The highest BCUT2D eigenvalue weighted by atomic mass is 35.5. The molecule has 0 spiro atoms. The number of rotatable bonds is 7. The lowest BCUT2D eigenvalue weighted by atomic mass is 9.87. The maximum atomic E-state index is 12.1. The molecule has 140 valence electrons. The van der Waals surface area contributed by atoms with E-state index in [-0.39, 0.29) is 18.3 Å². The van der Waals surface area contributed by atoms with Crippen molar-refractivity contribution in [3.05, 3.63) is 35.2 Å². The van der Waals surface area contributed by atoms with Crippen molar-refractivity contribution < 1.29 is 13.9 Å². The third-order valence-corrected chi connectivity index (χ3v) is 5.40. The van der Waals surface area contributed by atoms with Crippen LogP contribution in [0.1, 0.15) is 38.5 Å². The highest BCUT2D eigenvalue weighted by Gasteiger charge is 2.20. The van der Waals surface area contributed by atoms with Crippen LogP contribution in [0.25, 0.3) is 0 Å². The third-order valence-electron chi connectivity index (χ3n) is 4.33. The van der Waals surface area contributed by atoms with E-state index in [1.165, 1.54) is 24.6 Å². The van der Waals surface area contributed by atoms with E-state index in [0.29, 0.717) is 27.9 Å². The smallest absolute Gasteiger partial charge is 0.277 e. The number of aromatic nitrogens is 2. The molecule has 0 unspecified atom stereocenters. The number of hydrogen-bond donors (Lipinski definition) is 1. The Morgan fingerprint density at radius 1 is 1.27 bits per heavy atom. The fourth-order valence-corrected chi connectivity index (χ4v) is 3.55. The van der Waals surface area contributed by atoms with Crippen LogP contribution in [0.2, 0.25) is 5.02 Å². The number of halogens is 1. The Kier molecular flexibility index (Phi) is 6.80. The Morgan fingerprint density at radius 2 is 2.00 bits per heavy atom. The van der Waals surface area contributed by atoms with Gasteiger partial charge in [-0.1, -0.05) is 30.3 Å². The minimum atomic E-state index is 0.00622. The van der Waals surface area contributed by atoms with Crippen molar-refractivity contribution in [3.8, 4) is 5.75 Å². The minimum absolute atomic E-state index is 0.00622. The Hall–Kier alpha value is -1.73. The van der Waals surface area contributed by atoms with Gasteiger partial charge in [0.2, 0.25) is 5.91 Å². The molecule has 1 heterocycles. The predicted octanol–water partition coefficient (Wildman–Crippen LogP) is 4.09. The van der Waals surface area contributed by atoms with Gasteiger partial charge in [-0.2, -0.15) is 0 Å². The highest BCUT2D eigenvalue weighted by molar-refractivity contribution is 7.99. The summed E-state index contributed by atoms with van der Waals surface area (Å²) in [7, 11) is 0. The number of ether oxygens (including phenoxy) is 1. The van der Waals surface area contributed by atoms with Crippen LogP contribution in [-0.2, 0) is 11.4 Å². The number of carbonyl (C=O) groups excluding carboxylic acids is 1. The first kappa shape index (κ1) is 19.0. The van der Waals surface area contributed by atoms with Crippen molar-refractivity contribution in [1.82, 2.24) is 15.5 Å². The summed E-state index contributed by atoms with van der Waals surface area (Å²) in [6.45, 7) is 2.43. The number of thioether (sulfide) groups is 1. The van der Waals surface area contributed by atoms with Gasteiger partial charge in [0.15, 0.2) is 6.61 Å². The van der Waals surface area contributed by atoms with Crippen molar-refractivity contribution in [2.24, 2.45) is 5.92 Å². The maximum absolute atomic E-state index is 12.1. The Labute approximate surface area is 162 Å². The Morgan fingerprint density at radius 3 is 2.73 bits per heavy atom. The van der Waals surface area contributed by atoms with Gasteiger partial charge in [-0.25, -0.2) is 0 Å². The first-order chi connectivity index (χ1) is 12.6. The van der Waals surface area contributed by atoms with Gasteiger partial charge in [0, 0.05) is 11.1 Å². The molecule has 1 aliphatic rings. The molecule has 1 fully saturated rings. The van der Waals surface area contributed by atoms with Gasteiger partial charge in [0.1, 0.15) is 5.75 Å². The zero-order valence-electron chi connectivity index (χ0n) is 14.6. The lowest BCUT2D eigenvalue weighted by molar-refractivity contribution is -0.119. The fraction of sp³-hybridized carbons (Fsp3) is 0.500. The Balaban J connectivity index is 1.39. The molecule has 1 aromatic heterocycles. The first-order valence-electron chi connectivity index (χ1n) is 8.71. The molecule has 3 rings (SSSR count). The van der Waals surface area contributed by atoms with E-state index in [1.807, 2.05) is 0 Å². The van der Waals surface area contributed by atoms with Crippen LogP contribution in [-0.4, -0.2) is 27.9 Å². The molecule has 0 radical (unpaired) electrons. The van der Waals surface area contributed by atoms with E-state index >= 15 is 0 Å². The lowest BCUT2D eigenvalue weighted by Gasteiger charge is -2.26. The lowest BCUT2D eigenvalue weighted by Crippen LogP contribution is -2.38. The summed E-state index contributed by atoms with van der Waals surface area (Å²) in [6, 6.07) is 7.33. The number of nitrogens with zero attached hydrogens (tertiary/aromatic N) is 2. The summed E-state index contributed by atoms with van der Waals surface area (Å²) >= 11 is 7.07. The van der Waals surface area contributed by atoms with Crippen molar-refractivity contribution in [1.29, 1.82) is 0 Å². The number of carbonyl (C=O) groups is 1. The average Bonchev–Trinajstić information content (AvgIpc) is 3.09. The summed E-state index contributed by atoms with van der Waals surface area (Å²) in [5, 5.41) is 12.0. The number of benzene rings is 1. The van der Waals surface area contributed by atoms with Gasteiger partial charge in [0.25, 0.3) is 11.1 Å². The van der Waals surface area contributed by atoms with Gasteiger partial charge in [0.05, 0.1) is 5.75 Å². The van der Waals surface area contributed by atoms with Crippen LogP contribution in [0.4, 0.5) is 0 Å². The molecule has 0 saturated heterocycles. The van der Waals surface area contributed by atoms with E-state index in [4.69, 9.17) is 20.8 Å². The molecule has 6 nitrogen and oxygen atoms in total. The number of amides is 1. The molecule has 0 bridgehead atoms. The molecular weight excluding hydrogens is 374 g/mol. The zero-order valence-corrected chi connectivity index (χ0v) is 16.2. The molecule has 1 saturated carbocycles. The predicted molar refractivity (Wildman–Crippen MR) is 100 cm³/mol. The Bertz CT molecular complexity index is 715. The molecule has 1 amide bonds. The summed E-state index contributed by atoms with van der Waals surface area (Å²) in [4.78, 5) is 12.1. The van der Waals surface area contributed by atoms with E-state index in [2.05, 4.69) is 22.4 Å². The van der Waals surface area contributed by atoms with Crippen molar-refractivity contribution in [2.75, 3.05) is 5.75 Å². The highest BCUT2D eigenvalue weighted by Crippen LogP contribution is 2.24. The second-order valence-corrected chi connectivity index (χ2v) is 7.88. The number of nitrogens with one attached hydrogen (secondary N) is 1. The molecular formula is C18H22ClN3O3S. The third kappa shape index (κ3) is 5.92. The molecule has 26 heavy (non-hydrogen) atoms. The van der Waals surface area contributed by atoms with Crippen molar-refractivity contribution in [3.63, 3.8) is 0 Å². The van der Waals surface area contributed by atoms with Crippen molar-refractivity contribution >= 4 is 29.3 Å². The van der Waals surface area contributed by atoms with E-state index in [9.17, 15) is 4.79 Å². The largest absolute Gasteiger partial charge is 0.484 e. The molecule has 1 N–H and O–H groups in total. The van der Waals surface area contributed by atoms with Gasteiger partial charge in [-0.3, -0.25) is 4.79 Å². The topological polar surface area (TPSA) is 77.2 Å². The zero-order chi connectivity index (χ0) is 18.4. The van der Waals surface area contributed by atoms with Crippen molar-refractivity contribution in [2.45, 2.75) is 50.5 Å². The molecule has 1 aliphatic carbocycles. The fourth-order valence-electron chi connectivity index (χ4n) is 2.83. The first-order valence-corrected chi connectivity index (χ1v) is 10.1. The van der Waals surface area contributed by atoms with Crippen LogP contribution in [0, 0.1) is 5.92 Å². The van der Waals surface area contributed by atoms with E-state index in [1.54, 1.807) is 24.3 Å². The average molecular weight is 396 g/mol. The van der Waals surface area contributed by atoms with E-state index < -0.39 is 0 Å². The minimum Gasteiger partial charge on any atom is -0.484 e. The normalized spacial score (nSPS) is 19.9. The summed E-state index contributed by atoms with van der Waals surface area (Å²) in [6.07, 6.45) is 4.48. The molecule has 1 aromatic carbocycles. The summed E-state index contributed by atoms with van der Waals surface area (Å²) in [5.41, 5.74) is 0. The molecule has 0 atom stereocenters. The number of hydrogen-bond acceptors (Lipinski definition) is 6. The van der Waals surface area contributed by atoms with Gasteiger partial charge >= 0.3 is 0 Å². The van der Waals surface area contributed by atoms with Crippen LogP contribution in [0.15, 0.2) is 33.9 Å². The van der Waals surface area contributed by atoms with Gasteiger partial charge in [-0.15, -0.1) is 10.2 Å². The summed E-state index contributed by atoms with van der Waals surface area (Å²) < 4.78 is 11.0. The maximum Gasteiger partial charge on any atom is 0.277 e. The van der Waals surface area contributed by atoms with Crippen LogP contribution < -0.4 is 10.1 Å². The molecule has 0 aliphatic heterocycles. The van der Waals surface area contributed by atoms with Gasteiger partial charge in [-0.05, 0) is 55.9 Å². The standard InChI is InChI=1S/C18H22ClN3O3S/c1-12-2-6-14(7-3-12)20-16(23)11-26-18-22-21-17(25-18)10-24-15-8-4-13(19)5-9-15/h4-5,8-9,12,14H,2-3,6-7,10-11H2,1H3,(H,20,23). The summed E-state index contributed by atoms with van der Waals surface area (Å²) in [5.74, 6) is 2.08. The SMILES string of the molecule is CC1CCC(NC(=O)CSc2nnc(COc3ccc(Cl)cc3)o2)CC1. The molecule has 2 aromatic rings. The van der Waals surface area contributed by atoms with Crippen LogP contribution >= 0.6 is 23.4 Å².